The van der Waals surface area contributed by atoms with Crippen LogP contribution in [0, 0.1) is 0 Å². The van der Waals surface area contributed by atoms with Crippen molar-refractivity contribution in [1.82, 2.24) is 34.2 Å². The van der Waals surface area contributed by atoms with E-state index < -0.39 is 10.0 Å². The number of rotatable bonds is 9. The number of hydrogen-bond donors (Lipinski definition) is 1. The van der Waals surface area contributed by atoms with Crippen molar-refractivity contribution in [2.24, 2.45) is 0 Å². The minimum Gasteiger partial charge on any atom is -0.308 e. The lowest BCUT2D eigenvalue weighted by Crippen LogP contribution is -2.46. The van der Waals surface area contributed by atoms with E-state index >= 15 is 0 Å². The number of piperazine rings is 1. The number of nitrogens with zero attached hydrogens (tertiary/aromatic N) is 6. The van der Waals surface area contributed by atoms with Crippen molar-refractivity contribution < 1.29 is 8.42 Å². The number of H-pyrrole nitrogens is 1. The van der Waals surface area contributed by atoms with E-state index in [9.17, 15) is 13.2 Å². The number of aromatic amines is 1. The zero-order chi connectivity index (χ0) is 26.7. The van der Waals surface area contributed by atoms with Crippen molar-refractivity contribution in [3.05, 3.63) is 81.9 Å². The highest BCUT2D eigenvalue weighted by atomic mass is 32.2. The molecular formula is C27H33N7O3S. The topological polar surface area (TPSA) is 117 Å². The Morgan fingerprint density at radius 2 is 1.68 bits per heavy atom. The Kier molecular flexibility index (Phi) is 7.68. The maximum atomic E-state index is 13.0. The summed E-state index contributed by atoms with van der Waals surface area (Å²) in [6, 6.07) is 17.2. The third-order valence-electron chi connectivity index (χ3n) is 7.13. The summed E-state index contributed by atoms with van der Waals surface area (Å²) in [5.41, 5.74) is 2.49. The zero-order valence-corrected chi connectivity index (χ0v) is 22.6. The molecule has 0 spiro atoms. The van der Waals surface area contributed by atoms with Gasteiger partial charge in [0.05, 0.1) is 10.9 Å². The van der Waals surface area contributed by atoms with Crippen LogP contribution in [0.5, 0.6) is 0 Å². The van der Waals surface area contributed by atoms with E-state index in [-0.39, 0.29) is 22.0 Å². The van der Waals surface area contributed by atoms with Crippen LogP contribution >= 0.6 is 0 Å². The molecule has 11 heteroatoms. The number of fused-ring (bicyclic) bond motifs is 1. The second-order valence-corrected chi connectivity index (χ2v) is 11.9. The standard InChI is InChI=1S/C27H33N7O3S/c1-20(7-6-10-21-8-4-3-5-9-21)34-26-25(30-31-34)27(35)29-24(28-26)19-22-11-13-23(14-12-22)38(36,37)33-17-15-32(2)16-18-33/h3-5,8-9,11-14,20H,6-7,10,15-19H2,1-2H3,(H,28,29,35). The summed E-state index contributed by atoms with van der Waals surface area (Å²) in [6.07, 6.45) is 3.18. The minimum atomic E-state index is -3.53. The lowest BCUT2D eigenvalue weighted by molar-refractivity contribution is 0.222. The Bertz CT molecular complexity index is 1540. The molecule has 2 aromatic heterocycles. The van der Waals surface area contributed by atoms with Crippen LogP contribution in [0.2, 0.25) is 0 Å². The van der Waals surface area contributed by atoms with Gasteiger partial charge in [-0.15, -0.1) is 5.10 Å². The van der Waals surface area contributed by atoms with Gasteiger partial charge in [0.15, 0.2) is 11.2 Å². The summed E-state index contributed by atoms with van der Waals surface area (Å²) >= 11 is 0. The van der Waals surface area contributed by atoms with Crippen molar-refractivity contribution in [2.45, 2.75) is 43.5 Å². The van der Waals surface area contributed by atoms with E-state index in [1.165, 1.54) is 9.87 Å². The van der Waals surface area contributed by atoms with Gasteiger partial charge < -0.3 is 9.88 Å². The fourth-order valence-electron chi connectivity index (χ4n) is 4.79. The summed E-state index contributed by atoms with van der Waals surface area (Å²) in [6.45, 7) is 4.46. The summed E-state index contributed by atoms with van der Waals surface area (Å²) in [4.78, 5) is 22.6. The van der Waals surface area contributed by atoms with Crippen molar-refractivity contribution in [3.63, 3.8) is 0 Å². The van der Waals surface area contributed by atoms with Crippen LogP contribution < -0.4 is 5.56 Å². The Morgan fingerprint density at radius 1 is 0.974 bits per heavy atom. The van der Waals surface area contributed by atoms with Crippen molar-refractivity contribution in [1.29, 1.82) is 0 Å². The van der Waals surface area contributed by atoms with E-state index in [0.717, 1.165) is 37.9 Å². The maximum Gasteiger partial charge on any atom is 0.281 e. The molecule has 1 N–H and O–H groups in total. The first-order chi connectivity index (χ1) is 18.3. The first-order valence-corrected chi connectivity index (χ1v) is 14.4. The average Bonchev–Trinajstić information content (AvgIpc) is 3.35. The second-order valence-electron chi connectivity index (χ2n) is 9.97. The molecule has 0 aliphatic carbocycles. The number of aromatic nitrogens is 5. The second kappa shape index (κ2) is 11.1. The third-order valence-corrected chi connectivity index (χ3v) is 9.04. The Morgan fingerprint density at radius 3 is 2.39 bits per heavy atom. The minimum absolute atomic E-state index is 0.0323. The first-order valence-electron chi connectivity index (χ1n) is 13.0. The van der Waals surface area contributed by atoms with Gasteiger partial charge in [-0.2, -0.15) is 4.31 Å². The molecule has 1 atom stereocenters. The van der Waals surface area contributed by atoms with Crippen LogP contribution in [-0.4, -0.2) is 75.8 Å². The molecule has 0 radical (unpaired) electrons. The van der Waals surface area contributed by atoms with Gasteiger partial charge in [0.1, 0.15) is 5.82 Å². The molecule has 1 aliphatic rings. The Hall–Kier alpha value is -3.41. The Labute approximate surface area is 222 Å². The van der Waals surface area contributed by atoms with E-state index in [1.807, 2.05) is 25.2 Å². The van der Waals surface area contributed by atoms with Gasteiger partial charge in [-0.25, -0.2) is 18.1 Å². The van der Waals surface area contributed by atoms with Crippen LogP contribution in [-0.2, 0) is 22.9 Å². The lowest BCUT2D eigenvalue weighted by atomic mass is 10.1. The highest BCUT2D eigenvalue weighted by Crippen LogP contribution is 2.20. The van der Waals surface area contributed by atoms with E-state index in [4.69, 9.17) is 0 Å². The van der Waals surface area contributed by atoms with Crippen LogP contribution in [0.1, 0.15) is 42.8 Å². The van der Waals surface area contributed by atoms with E-state index in [0.29, 0.717) is 31.0 Å². The normalized spacial score (nSPS) is 16.2. The molecule has 2 aromatic carbocycles. The maximum absolute atomic E-state index is 13.0. The number of aryl methyl sites for hydroxylation is 1. The SMILES string of the molecule is CC(CCCc1ccccc1)n1nnc2c(=O)[nH]c(Cc3ccc(S(=O)(=O)N4CCN(C)CC4)cc3)nc21. The van der Waals surface area contributed by atoms with Crippen LogP contribution in [0.15, 0.2) is 64.3 Å². The average molecular weight is 536 g/mol. The molecule has 0 bridgehead atoms. The van der Waals surface area contributed by atoms with Gasteiger partial charge in [-0.1, -0.05) is 47.7 Å². The molecule has 10 nitrogen and oxygen atoms in total. The molecule has 200 valence electrons. The highest BCUT2D eigenvalue weighted by molar-refractivity contribution is 7.89. The summed E-state index contributed by atoms with van der Waals surface area (Å²) in [7, 11) is -1.54. The van der Waals surface area contributed by atoms with Crippen LogP contribution in [0.25, 0.3) is 11.2 Å². The molecule has 0 saturated carbocycles. The van der Waals surface area contributed by atoms with Crippen LogP contribution in [0.3, 0.4) is 0 Å². The first kappa shape index (κ1) is 26.2. The Balaban J connectivity index is 1.29. The molecule has 1 unspecified atom stereocenters. The van der Waals surface area contributed by atoms with Gasteiger partial charge in [0.25, 0.3) is 5.56 Å². The van der Waals surface area contributed by atoms with E-state index in [2.05, 4.69) is 44.2 Å². The molecule has 5 rings (SSSR count). The summed E-state index contributed by atoms with van der Waals surface area (Å²) < 4.78 is 29.3. The van der Waals surface area contributed by atoms with Gasteiger partial charge in [0, 0.05) is 32.6 Å². The van der Waals surface area contributed by atoms with Gasteiger partial charge in [-0.3, -0.25) is 4.79 Å². The summed E-state index contributed by atoms with van der Waals surface area (Å²) in [5.74, 6) is 0.484. The van der Waals surface area contributed by atoms with Gasteiger partial charge >= 0.3 is 0 Å². The lowest BCUT2D eigenvalue weighted by Gasteiger charge is -2.31. The van der Waals surface area contributed by atoms with Crippen molar-refractivity contribution in [3.8, 4) is 0 Å². The number of hydrogen-bond acceptors (Lipinski definition) is 7. The third kappa shape index (κ3) is 5.69. The quantitative estimate of drug-likeness (QED) is 0.350. The molecule has 1 aliphatic heterocycles. The zero-order valence-electron chi connectivity index (χ0n) is 21.7. The monoisotopic (exact) mass is 535 g/mol. The van der Waals surface area contributed by atoms with Gasteiger partial charge in [0.2, 0.25) is 10.0 Å². The number of benzene rings is 2. The number of sulfonamides is 1. The fraction of sp³-hybridized carbons (Fsp3) is 0.407. The predicted octanol–water partition coefficient (Wildman–Crippen LogP) is 2.63. The largest absolute Gasteiger partial charge is 0.308 e. The molecule has 1 fully saturated rings. The summed E-state index contributed by atoms with van der Waals surface area (Å²) in [5, 5.41) is 8.30. The molecule has 1 saturated heterocycles. The molecular weight excluding hydrogens is 502 g/mol. The number of nitrogens with one attached hydrogen (secondary N) is 1. The van der Waals surface area contributed by atoms with Crippen molar-refractivity contribution >= 4 is 21.2 Å². The molecule has 4 aromatic rings. The van der Waals surface area contributed by atoms with Crippen LogP contribution in [0.4, 0.5) is 0 Å². The highest BCUT2D eigenvalue weighted by Gasteiger charge is 2.27. The number of likely N-dealkylation sites (N-methyl/N-ethyl adjacent to an activating group) is 1. The van der Waals surface area contributed by atoms with Gasteiger partial charge in [-0.05, 0) is 56.5 Å². The fourth-order valence-corrected chi connectivity index (χ4v) is 6.21. The van der Waals surface area contributed by atoms with E-state index in [1.54, 1.807) is 28.9 Å². The predicted molar refractivity (Wildman–Crippen MR) is 146 cm³/mol. The van der Waals surface area contributed by atoms with Crippen molar-refractivity contribution in [2.75, 3.05) is 33.2 Å². The smallest absolute Gasteiger partial charge is 0.281 e. The molecule has 38 heavy (non-hydrogen) atoms. The molecule has 3 heterocycles. The molecule has 0 amide bonds.